The third-order valence-electron chi connectivity index (χ3n) is 5.77. The third kappa shape index (κ3) is 4.34. The topological polar surface area (TPSA) is 86.7 Å². The summed E-state index contributed by atoms with van der Waals surface area (Å²) in [7, 11) is 0. The zero-order valence-electron chi connectivity index (χ0n) is 18.2. The highest BCUT2D eigenvalue weighted by molar-refractivity contribution is 6.30. The number of amides is 2. The number of carbonyl (C=O) groups is 3. The van der Waals surface area contributed by atoms with Gasteiger partial charge in [0.05, 0.1) is 11.3 Å². The van der Waals surface area contributed by atoms with Crippen LogP contribution in [0.4, 0.5) is 5.69 Å². The number of anilines is 1. The Morgan fingerprint density at radius 3 is 2.24 bits per heavy atom. The molecule has 0 aliphatic carbocycles. The van der Waals surface area contributed by atoms with E-state index in [4.69, 9.17) is 11.6 Å². The summed E-state index contributed by atoms with van der Waals surface area (Å²) in [5.74, 6) is -2.12. The van der Waals surface area contributed by atoms with Gasteiger partial charge in [-0.15, -0.1) is 0 Å². The molecule has 0 saturated carbocycles. The van der Waals surface area contributed by atoms with E-state index in [1.807, 2.05) is 19.9 Å². The quantitative estimate of drug-likeness (QED) is 0.529. The predicted molar refractivity (Wildman–Crippen MR) is 126 cm³/mol. The summed E-state index contributed by atoms with van der Waals surface area (Å²) in [5, 5.41) is 13.5. The Morgan fingerprint density at radius 2 is 1.64 bits per heavy atom. The molecule has 4 rings (SSSR count). The number of carboxylic acids is 1. The number of carboxylic acid groups (broad SMARTS) is 1. The van der Waals surface area contributed by atoms with Crippen molar-refractivity contribution in [1.29, 1.82) is 0 Å². The summed E-state index contributed by atoms with van der Waals surface area (Å²) in [6.45, 7) is 4.00. The number of hydrogen-bond donors (Lipinski definition) is 2. The Balaban J connectivity index is 1.95. The predicted octanol–water partition coefficient (Wildman–Crippen LogP) is 5.42. The molecule has 2 N–H and O–H groups in total. The maximum atomic E-state index is 14.0. The van der Waals surface area contributed by atoms with Gasteiger partial charge in [-0.05, 0) is 46.9 Å². The molecule has 0 aromatic heterocycles. The zero-order chi connectivity index (χ0) is 23.7. The van der Waals surface area contributed by atoms with E-state index < -0.39 is 29.9 Å². The van der Waals surface area contributed by atoms with E-state index in [1.165, 1.54) is 0 Å². The van der Waals surface area contributed by atoms with Crippen molar-refractivity contribution in [1.82, 2.24) is 4.90 Å². The average molecular weight is 463 g/mol. The lowest BCUT2D eigenvalue weighted by Crippen LogP contribution is -2.44. The smallest absolute Gasteiger partial charge is 0.331 e. The van der Waals surface area contributed by atoms with Crippen molar-refractivity contribution in [3.05, 3.63) is 100 Å². The highest BCUT2D eigenvalue weighted by atomic mass is 35.5. The second kappa shape index (κ2) is 9.08. The zero-order valence-corrected chi connectivity index (χ0v) is 18.9. The number of benzene rings is 3. The summed E-state index contributed by atoms with van der Waals surface area (Å²) in [5.41, 5.74) is 2.38. The molecule has 0 bridgehead atoms. The summed E-state index contributed by atoms with van der Waals surface area (Å²) < 4.78 is 0. The number of hydrogen-bond acceptors (Lipinski definition) is 3. The van der Waals surface area contributed by atoms with E-state index in [-0.39, 0.29) is 11.5 Å². The van der Waals surface area contributed by atoms with E-state index >= 15 is 0 Å². The van der Waals surface area contributed by atoms with Gasteiger partial charge in [-0.1, -0.05) is 74.0 Å². The lowest BCUT2D eigenvalue weighted by Gasteiger charge is -2.34. The van der Waals surface area contributed by atoms with Crippen LogP contribution in [0.25, 0.3) is 0 Å². The summed E-state index contributed by atoms with van der Waals surface area (Å²) in [4.78, 5) is 41.1. The van der Waals surface area contributed by atoms with Crippen LogP contribution in [-0.4, -0.2) is 27.8 Å². The molecule has 33 heavy (non-hydrogen) atoms. The third-order valence-corrected chi connectivity index (χ3v) is 6.02. The van der Waals surface area contributed by atoms with Gasteiger partial charge >= 0.3 is 5.97 Å². The number of fused-ring (bicyclic) bond motifs is 1. The molecule has 3 aromatic carbocycles. The molecule has 0 radical (unpaired) electrons. The molecule has 168 valence electrons. The first-order valence-electron chi connectivity index (χ1n) is 10.6. The Labute approximate surface area is 196 Å². The summed E-state index contributed by atoms with van der Waals surface area (Å²) >= 11 is 6.04. The molecule has 0 saturated heterocycles. The summed E-state index contributed by atoms with van der Waals surface area (Å²) in [6, 6.07) is 17.7. The second-order valence-electron chi connectivity index (χ2n) is 8.27. The van der Waals surface area contributed by atoms with Gasteiger partial charge in [0.25, 0.3) is 11.8 Å². The second-order valence-corrected chi connectivity index (χ2v) is 8.70. The Bertz CT molecular complexity index is 1210. The van der Waals surface area contributed by atoms with E-state index in [0.29, 0.717) is 21.8 Å². The average Bonchev–Trinajstić information content (AvgIpc) is 2.89. The highest BCUT2D eigenvalue weighted by Crippen LogP contribution is 2.38. The van der Waals surface area contributed by atoms with Crippen LogP contribution in [0.2, 0.25) is 5.02 Å². The van der Waals surface area contributed by atoms with Crippen molar-refractivity contribution in [2.45, 2.75) is 31.8 Å². The molecule has 3 aromatic rings. The maximum absolute atomic E-state index is 14.0. The van der Waals surface area contributed by atoms with Crippen LogP contribution in [0.1, 0.15) is 58.9 Å². The van der Waals surface area contributed by atoms with Crippen LogP contribution < -0.4 is 5.32 Å². The standard InChI is InChI=1S/C26H23ClN2O4/c1-15(2)18-10-13-21-20(14-18)25(31)29(23(26(32)33)16-6-4-3-5-7-16)22(24(30)28-21)17-8-11-19(27)12-9-17/h3-15,22-23H,1-2H3,(H,28,30)(H,32,33). The number of nitrogens with one attached hydrogen (secondary N) is 1. The fourth-order valence-electron chi connectivity index (χ4n) is 4.07. The Hall–Kier alpha value is -3.64. The molecule has 2 atom stereocenters. The first kappa shape index (κ1) is 22.6. The van der Waals surface area contributed by atoms with Crippen molar-refractivity contribution >= 4 is 35.1 Å². The molecule has 2 unspecified atom stereocenters. The maximum Gasteiger partial charge on any atom is 0.331 e. The minimum Gasteiger partial charge on any atom is -0.479 e. The van der Waals surface area contributed by atoms with Gasteiger partial charge < -0.3 is 15.3 Å². The molecule has 1 aliphatic heterocycles. The number of aliphatic carboxylic acids is 1. The van der Waals surface area contributed by atoms with Crippen LogP contribution in [0.3, 0.4) is 0 Å². The summed E-state index contributed by atoms with van der Waals surface area (Å²) in [6.07, 6.45) is 0. The van der Waals surface area contributed by atoms with Gasteiger partial charge in [0, 0.05) is 5.02 Å². The minimum absolute atomic E-state index is 0.145. The van der Waals surface area contributed by atoms with Crippen LogP contribution >= 0.6 is 11.6 Å². The number of rotatable bonds is 5. The number of nitrogens with zero attached hydrogens (tertiary/aromatic N) is 1. The van der Waals surface area contributed by atoms with Crippen LogP contribution in [0.15, 0.2) is 72.8 Å². The molecule has 1 heterocycles. The molecule has 0 spiro atoms. The number of carbonyl (C=O) groups excluding carboxylic acids is 2. The molecular formula is C26H23ClN2O4. The van der Waals surface area contributed by atoms with Gasteiger partial charge in [-0.25, -0.2) is 4.79 Å². The van der Waals surface area contributed by atoms with E-state index in [1.54, 1.807) is 66.7 Å². The Kier molecular flexibility index (Phi) is 6.20. The van der Waals surface area contributed by atoms with E-state index in [9.17, 15) is 19.5 Å². The monoisotopic (exact) mass is 462 g/mol. The first-order valence-corrected chi connectivity index (χ1v) is 11.0. The largest absolute Gasteiger partial charge is 0.479 e. The first-order chi connectivity index (χ1) is 15.8. The van der Waals surface area contributed by atoms with Crippen molar-refractivity contribution in [2.75, 3.05) is 5.32 Å². The fraction of sp³-hybridized carbons (Fsp3) is 0.192. The van der Waals surface area contributed by atoms with E-state index in [2.05, 4.69) is 5.32 Å². The highest BCUT2D eigenvalue weighted by Gasteiger charge is 2.43. The molecule has 7 heteroatoms. The van der Waals surface area contributed by atoms with Crippen molar-refractivity contribution < 1.29 is 19.5 Å². The lowest BCUT2D eigenvalue weighted by atomic mass is 9.96. The fourth-order valence-corrected chi connectivity index (χ4v) is 4.20. The van der Waals surface area contributed by atoms with Gasteiger partial charge in [0.15, 0.2) is 6.04 Å². The van der Waals surface area contributed by atoms with Crippen LogP contribution in [-0.2, 0) is 9.59 Å². The molecular weight excluding hydrogens is 440 g/mol. The van der Waals surface area contributed by atoms with E-state index in [0.717, 1.165) is 10.5 Å². The van der Waals surface area contributed by atoms with Gasteiger partial charge in [0.1, 0.15) is 6.04 Å². The molecule has 1 aliphatic rings. The Morgan fingerprint density at radius 1 is 0.970 bits per heavy atom. The lowest BCUT2D eigenvalue weighted by molar-refractivity contribution is -0.144. The van der Waals surface area contributed by atoms with Crippen molar-refractivity contribution in [3.8, 4) is 0 Å². The van der Waals surface area contributed by atoms with Crippen molar-refractivity contribution in [2.24, 2.45) is 0 Å². The molecule has 0 fully saturated rings. The number of halogens is 1. The van der Waals surface area contributed by atoms with Crippen molar-refractivity contribution in [3.63, 3.8) is 0 Å². The SMILES string of the molecule is CC(C)c1ccc2c(c1)C(=O)N(C(C(=O)O)c1ccccc1)C(c1ccc(Cl)cc1)C(=O)N2. The minimum atomic E-state index is -1.38. The van der Waals surface area contributed by atoms with Gasteiger partial charge in [-0.3, -0.25) is 9.59 Å². The van der Waals surface area contributed by atoms with Crippen LogP contribution in [0, 0.1) is 0 Å². The van der Waals surface area contributed by atoms with Gasteiger partial charge in [0.2, 0.25) is 0 Å². The molecule has 6 nitrogen and oxygen atoms in total. The molecule has 2 amide bonds. The van der Waals surface area contributed by atoms with Crippen LogP contribution in [0.5, 0.6) is 0 Å². The normalized spacial score (nSPS) is 16.7. The van der Waals surface area contributed by atoms with Gasteiger partial charge in [-0.2, -0.15) is 0 Å².